The molecule has 1 atom stereocenters. The quantitative estimate of drug-likeness (QED) is 0.579. The third kappa shape index (κ3) is 3.69. The summed E-state index contributed by atoms with van der Waals surface area (Å²) in [4.78, 5) is 18.5. The summed E-state index contributed by atoms with van der Waals surface area (Å²) in [6, 6.07) is 4.41. The maximum absolute atomic E-state index is 14.6. The number of halogens is 2. The molecule has 10 heteroatoms. The molecule has 2 aliphatic rings. The van der Waals surface area contributed by atoms with E-state index in [0.29, 0.717) is 12.6 Å². The van der Waals surface area contributed by atoms with Crippen LogP contribution >= 0.6 is 0 Å². The van der Waals surface area contributed by atoms with E-state index in [4.69, 9.17) is 9.47 Å². The largest absolute Gasteiger partial charge is 0.473 e. The summed E-state index contributed by atoms with van der Waals surface area (Å²) >= 11 is 0. The number of benzene rings is 1. The Balaban J connectivity index is 1.31. The molecule has 1 saturated heterocycles. The summed E-state index contributed by atoms with van der Waals surface area (Å²) in [6.07, 6.45) is 5.10. The standard InChI is InChI=1S/C22H23F2N5O3/c1-13(2)29-11-16(9-25-29)32-21-17(23)6-14(7-18(21)24)12-31-19-8-20-27-5-3-4-15(27)10-28(20)22(30)26-19/h6-9,11,13,15H,3-5,10,12H2,1-2H3. The van der Waals surface area contributed by atoms with Gasteiger partial charge in [-0.05, 0) is 44.4 Å². The average molecular weight is 443 g/mol. The molecule has 2 aromatic heterocycles. The van der Waals surface area contributed by atoms with E-state index < -0.39 is 17.4 Å². The first kappa shape index (κ1) is 20.5. The van der Waals surface area contributed by atoms with Crippen LogP contribution in [0.1, 0.15) is 38.3 Å². The SMILES string of the molecule is CC(C)n1cc(Oc2c(F)cc(COc3cc4n(c(=O)n3)CC3CCCN43)cc2F)cn1. The lowest BCUT2D eigenvalue weighted by Crippen LogP contribution is -2.24. The van der Waals surface area contributed by atoms with Crippen molar-refractivity contribution in [1.29, 1.82) is 0 Å². The van der Waals surface area contributed by atoms with E-state index in [1.165, 1.54) is 6.20 Å². The highest BCUT2D eigenvalue weighted by atomic mass is 19.1. The summed E-state index contributed by atoms with van der Waals surface area (Å²) in [6.45, 7) is 5.25. The van der Waals surface area contributed by atoms with Crippen LogP contribution < -0.4 is 20.1 Å². The summed E-state index contributed by atoms with van der Waals surface area (Å²) in [5.41, 5.74) is -0.123. The van der Waals surface area contributed by atoms with E-state index in [-0.39, 0.29) is 35.5 Å². The molecule has 2 aliphatic heterocycles. The number of rotatable bonds is 6. The summed E-state index contributed by atoms with van der Waals surface area (Å²) < 4.78 is 43.3. The molecule has 168 valence electrons. The Hall–Kier alpha value is -3.43. The van der Waals surface area contributed by atoms with Crippen LogP contribution in [0.5, 0.6) is 17.4 Å². The Bertz CT molecular complexity index is 1200. The number of ether oxygens (including phenoxy) is 2. The van der Waals surface area contributed by atoms with Crippen LogP contribution in [0.2, 0.25) is 0 Å². The Labute approximate surface area is 183 Å². The van der Waals surface area contributed by atoms with Crippen LogP contribution in [-0.4, -0.2) is 31.9 Å². The zero-order valence-electron chi connectivity index (χ0n) is 17.8. The number of hydrogen-bond acceptors (Lipinski definition) is 6. The highest BCUT2D eigenvalue weighted by Crippen LogP contribution is 2.33. The van der Waals surface area contributed by atoms with E-state index in [1.807, 2.05) is 13.8 Å². The predicted molar refractivity (Wildman–Crippen MR) is 112 cm³/mol. The molecule has 5 rings (SSSR count). The number of hydrogen-bond donors (Lipinski definition) is 0. The molecule has 1 unspecified atom stereocenters. The lowest BCUT2D eigenvalue weighted by molar-refractivity contribution is 0.289. The second-order valence-electron chi connectivity index (χ2n) is 8.36. The van der Waals surface area contributed by atoms with Gasteiger partial charge in [-0.1, -0.05) is 0 Å². The van der Waals surface area contributed by atoms with Crippen LogP contribution in [0.3, 0.4) is 0 Å². The normalized spacial score (nSPS) is 17.0. The van der Waals surface area contributed by atoms with Gasteiger partial charge < -0.3 is 14.4 Å². The molecule has 1 fully saturated rings. The fraction of sp³-hybridized carbons (Fsp3) is 0.409. The van der Waals surface area contributed by atoms with Crippen molar-refractivity contribution in [3.63, 3.8) is 0 Å². The van der Waals surface area contributed by atoms with Gasteiger partial charge in [-0.2, -0.15) is 10.1 Å². The fourth-order valence-electron chi connectivity index (χ4n) is 4.22. The van der Waals surface area contributed by atoms with Crippen molar-refractivity contribution >= 4 is 5.82 Å². The number of anilines is 1. The summed E-state index contributed by atoms with van der Waals surface area (Å²) in [5, 5.41) is 4.09. The second kappa shape index (κ2) is 7.92. The fourth-order valence-corrected chi connectivity index (χ4v) is 4.22. The van der Waals surface area contributed by atoms with Crippen molar-refractivity contribution in [2.24, 2.45) is 0 Å². The van der Waals surface area contributed by atoms with E-state index in [1.54, 1.807) is 21.5 Å². The monoisotopic (exact) mass is 443 g/mol. The van der Waals surface area contributed by atoms with Crippen molar-refractivity contribution in [1.82, 2.24) is 19.3 Å². The molecule has 3 aromatic rings. The van der Waals surface area contributed by atoms with Gasteiger partial charge >= 0.3 is 5.69 Å². The molecule has 8 nitrogen and oxygen atoms in total. The molecule has 0 saturated carbocycles. The van der Waals surface area contributed by atoms with Gasteiger partial charge in [0.15, 0.2) is 23.1 Å². The van der Waals surface area contributed by atoms with Gasteiger partial charge in [0.2, 0.25) is 5.88 Å². The number of fused-ring (bicyclic) bond motifs is 3. The first-order chi connectivity index (χ1) is 15.4. The van der Waals surface area contributed by atoms with Crippen LogP contribution in [0.25, 0.3) is 0 Å². The molecule has 0 spiro atoms. The first-order valence-corrected chi connectivity index (χ1v) is 10.6. The lowest BCUT2D eigenvalue weighted by atomic mass is 10.2. The van der Waals surface area contributed by atoms with Crippen molar-refractivity contribution in [3.05, 3.63) is 58.3 Å². The molecule has 0 N–H and O–H groups in total. The van der Waals surface area contributed by atoms with Gasteiger partial charge in [0.25, 0.3) is 0 Å². The van der Waals surface area contributed by atoms with E-state index in [9.17, 15) is 13.6 Å². The highest BCUT2D eigenvalue weighted by molar-refractivity contribution is 5.48. The van der Waals surface area contributed by atoms with Gasteiger partial charge in [-0.25, -0.2) is 13.6 Å². The third-order valence-corrected chi connectivity index (χ3v) is 5.80. The van der Waals surface area contributed by atoms with Crippen molar-refractivity contribution in [3.8, 4) is 17.4 Å². The Morgan fingerprint density at radius 2 is 2.00 bits per heavy atom. The smallest absolute Gasteiger partial charge is 0.352 e. The van der Waals surface area contributed by atoms with Crippen LogP contribution in [0.15, 0.2) is 35.4 Å². The Morgan fingerprint density at radius 1 is 1.22 bits per heavy atom. The highest BCUT2D eigenvalue weighted by Gasteiger charge is 2.34. The van der Waals surface area contributed by atoms with E-state index in [2.05, 4.69) is 15.0 Å². The minimum absolute atomic E-state index is 0.0961. The Kier molecular flexibility index (Phi) is 5.07. The topological polar surface area (TPSA) is 74.4 Å². The minimum Gasteiger partial charge on any atom is -0.473 e. The van der Waals surface area contributed by atoms with Gasteiger partial charge in [0.1, 0.15) is 12.4 Å². The molecule has 4 heterocycles. The van der Waals surface area contributed by atoms with Crippen LogP contribution in [0, 0.1) is 11.6 Å². The molecular weight excluding hydrogens is 420 g/mol. The van der Waals surface area contributed by atoms with Crippen molar-refractivity contribution in [2.45, 2.75) is 51.9 Å². The maximum atomic E-state index is 14.6. The predicted octanol–water partition coefficient (Wildman–Crippen LogP) is 3.65. The minimum atomic E-state index is -0.859. The van der Waals surface area contributed by atoms with Gasteiger partial charge in [-0.3, -0.25) is 9.25 Å². The third-order valence-electron chi connectivity index (χ3n) is 5.80. The number of aromatic nitrogens is 4. The summed E-state index contributed by atoms with van der Waals surface area (Å²) in [7, 11) is 0. The summed E-state index contributed by atoms with van der Waals surface area (Å²) in [5.74, 6) is -1.07. The molecule has 1 aromatic carbocycles. The van der Waals surface area contributed by atoms with Gasteiger partial charge in [-0.15, -0.1) is 0 Å². The molecule has 0 amide bonds. The first-order valence-electron chi connectivity index (χ1n) is 10.6. The molecule has 0 radical (unpaired) electrons. The zero-order valence-corrected chi connectivity index (χ0v) is 17.8. The van der Waals surface area contributed by atoms with Crippen LogP contribution in [-0.2, 0) is 13.2 Å². The van der Waals surface area contributed by atoms with E-state index in [0.717, 1.165) is 37.3 Å². The number of nitrogens with zero attached hydrogens (tertiary/aromatic N) is 5. The molecular formula is C22H23F2N5O3. The van der Waals surface area contributed by atoms with Crippen molar-refractivity contribution < 1.29 is 18.3 Å². The van der Waals surface area contributed by atoms with Crippen LogP contribution in [0.4, 0.5) is 14.6 Å². The molecule has 0 aliphatic carbocycles. The second-order valence-corrected chi connectivity index (χ2v) is 8.36. The van der Waals surface area contributed by atoms with Gasteiger partial charge in [0.05, 0.1) is 12.4 Å². The molecule has 0 bridgehead atoms. The molecule has 32 heavy (non-hydrogen) atoms. The Morgan fingerprint density at radius 3 is 2.72 bits per heavy atom. The average Bonchev–Trinajstić information content (AvgIpc) is 3.46. The van der Waals surface area contributed by atoms with Crippen molar-refractivity contribution in [2.75, 3.05) is 11.4 Å². The van der Waals surface area contributed by atoms with E-state index >= 15 is 0 Å². The zero-order chi connectivity index (χ0) is 22.4. The maximum Gasteiger partial charge on any atom is 0.352 e. The lowest BCUT2D eigenvalue weighted by Gasteiger charge is -2.17. The van der Waals surface area contributed by atoms with Gasteiger partial charge in [0, 0.05) is 31.2 Å².